The highest BCUT2D eigenvalue weighted by Crippen LogP contribution is 2.35. The van der Waals surface area contributed by atoms with Gasteiger partial charge in [-0.05, 0) is 74.4 Å². The fourth-order valence-electron chi connectivity index (χ4n) is 3.87. The number of likely N-dealkylation sites (tertiary alicyclic amines) is 1. The maximum atomic E-state index is 13.6. The highest BCUT2D eigenvalue weighted by atomic mass is 19.1. The lowest BCUT2D eigenvalue weighted by atomic mass is 9.81. The van der Waals surface area contributed by atoms with Crippen LogP contribution in [0.4, 0.5) is 4.39 Å². The fourth-order valence-corrected chi connectivity index (χ4v) is 3.87. The second-order valence-corrected chi connectivity index (χ2v) is 6.48. The van der Waals surface area contributed by atoms with Gasteiger partial charge in [-0.1, -0.05) is 25.3 Å². The van der Waals surface area contributed by atoms with Crippen molar-refractivity contribution in [1.82, 2.24) is 4.90 Å². The van der Waals surface area contributed by atoms with Crippen molar-refractivity contribution >= 4 is 0 Å². The van der Waals surface area contributed by atoms with Crippen LogP contribution in [0.3, 0.4) is 0 Å². The fraction of sp³-hybridized carbons (Fsp3) is 0.667. The van der Waals surface area contributed by atoms with Gasteiger partial charge in [-0.3, -0.25) is 0 Å². The van der Waals surface area contributed by atoms with E-state index in [2.05, 4.69) is 4.90 Å². The first-order valence-corrected chi connectivity index (χ1v) is 8.33. The molecule has 0 radical (unpaired) electrons. The number of hydrogen-bond acceptors (Lipinski definition) is 1. The zero-order valence-corrected chi connectivity index (χ0v) is 12.4. The van der Waals surface area contributed by atoms with E-state index < -0.39 is 0 Å². The highest BCUT2D eigenvalue weighted by molar-refractivity contribution is 5.32. The van der Waals surface area contributed by atoms with E-state index in [0.29, 0.717) is 5.92 Å². The zero-order valence-electron chi connectivity index (χ0n) is 12.4. The Morgan fingerprint density at radius 1 is 1.00 bits per heavy atom. The average molecular weight is 275 g/mol. The standard InChI is InChI=1S/C18H26FN/c19-17-9-8-16(10-13-20-11-4-5-12-20)18(14-17)15-6-2-1-3-7-15/h8-9,14-15H,1-7,10-13H2. The number of hydrogen-bond donors (Lipinski definition) is 0. The summed E-state index contributed by atoms with van der Waals surface area (Å²) in [6.07, 6.45) is 10.3. The first-order valence-electron chi connectivity index (χ1n) is 8.33. The van der Waals surface area contributed by atoms with Gasteiger partial charge < -0.3 is 4.90 Å². The molecule has 110 valence electrons. The minimum absolute atomic E-state index is 0.0597. The third kappa shape index (κ3) is 3.41. The van der Waals surface area contributed by atoms with E-state index in [1.807, 2.05) is 12.1 Å². The highest BCUT2D eigenvalue weighted by Gasteiger charge is 2.20. The Kier molecular flexibility index (Phi) is 4.72. The van der Waals surface area contributed by atoms with Crippen LogP contribution in [-0.4, -0.2) is 24.5 Å². The smallest absolute Gasteiger partial charge is 0.123 e. The van der Waals surface area contributed by atoms with Crippen molar-refractivity contribution in [2.45, 2.75) is 57.3 Å². The molecule has 2 fully saturated rings. The molecule has 1 aliphatic carbocycles. The monoisotopic (exact) mass is 275 g/mol. The molecule has 2 aliphatic rings. The summed E-state index contributed by atoms with van der Waals surface area (Å²) in [7, 11) is 0. The Morgan fingerprint density at radius 3 is 2.50 bits per heavy atom. The number of nitrogens with zero attached hydrogens (tertiary/aromatic N) is 1. The van der Waals surface area contributed by atoms with Gasteiger partial charge in [0.2, 0.25) is 0 Å². The Labute approximate surface area is 122 Å². The lowest BCUT2D eigenvalue weighted by molar-refractivity contribution is 0.342. The van der Waals surface area contributed by atoms with Crippen LogP contribution >= 0.6 is 0 Å². The lowest BCUT2D eigenvalue weighted by Gasteiger charge is -2.25. The van der Waals surface area contributed by atoms with Crippen molar-refractivity contribution in [1.29, 1.82) is 0 Å². The molecule has 0 amide bonds. The summed E-state index contributed by atoms with van der Waals surface area (Å²) in [5, 5.41) is 0. The first kappa shape index (κ1) is 14.1. The predicted octanol–water partition coefficient (Wildman–Crippen LogP) is 4.51. The van der Waals surface area contributed by atoms with Crippen molar-refractivity contribution in [3.05, 3.63) is 35.1 Å². The first-order chi connectivity index (χ1) is 9.83. The van der Waals surface area contributed by atoms with Gasteiger partial charge in [-0.2, -0.15) is 0 Å². The molecule has 2 heteroatoms. The minimum Gasteiger partial charge on any atom is -0.303 e. The molecule has 1 aliphatic heterocycles. The topological polar surface area (TPSA) is 3.24 Å². The molecular weight excluding hydrogens is 249 g/mol. The third-order valence-corrected chi connectivity index (χ3v) is 5.05. The summed E-state index contributed by atoms with van der Waals surface area (Å²) in [5.74, 6) is 0.545. The van der Waals surface area contributed by atoms with Crippen LogP contribution in [0.25, 0.3) is 0 Å². The van der Waals surface area contributed by atoms with Gasteiger partial charge in [0.1, 0.15) is 5.82 Å². The van der Waals surface area contributed by atoms with Gasteiger partial charge in [0.15, 0.2) is 0 Å². The summed E-state index contributed by atoms with van der Waals surface area (Å²) < 4.78 is 13.6. The van der Waals surface area contributed by atoms with E-state index in [9.17, 15) is 4.39 Å². The Balaban J connectivity index is 1.71. The van der Waals surface area contributed by atoms with E-state index in [1.54, 1.807) is 6.07 Å². The van der Waals surface area contributed by atoms with E-state index in [0.717, 1.165) is 13.0 Å². The van der Waals surface area contributed by atoms with E-state index in [4.69, 9.17) is 0 Å². The number of rotatable bonds is 4. The lowest BCUT2D eigenvalue weighted by Crippen LogP contribution is -2.22. The Hall–Kier alpha value is -0.890. The summed E-state index contributed by atoms with van der Waals surface area (Å²) in [6, 6.07) is 5.50. The van der Waals surface area contributed by atoms with Gasteiger partial charge in [0, 0.05) is 6.54 Å². The Morgan fingerprint density at radius 2 is 1.75 bits per heavy atom. The average Bonchev–Trinajstić information content (AvgIpc) is 3.00. The maximum absolute atomic E-state index is 13.6. The van der Waals surface area contributed by atoms with Crippen molar-refractivity contribution in [3.8, 4) is 0 Å². The van der Waals surface area contributed by atoms with Gasteiger partial charge >= 0.3 is 0 Å². The van der Waals surface area contributed by atoms with Crippen LogP contribution in [-0.2, 0) is 6.42 Å². The Bertz CT molecular complexity index is 431. The van der Waals surface area contributed by atoms with Crippen LogP contribution in [0, 0.1) is 5.82 Å². The normalized spacial score (nSPS) is 21.4. The molecule has 0 aromatic heterocycles. The molecule has 20 heavy (non-hydrogen) atoms. The second kappa shape index (κ2) is 6.71. The van der Waals surface area contributed by atoms with Crippen molar-refractivity contribution in [3.63, 3.8) is 0 Å². The van der Waals surface area contributed by atoms with Crippen LogP contribution < -0.4 is 0 Å². The molecule has 0 unspecified atom stereocenters. The molecule has 0 bridgehead atoms. The molecule has 1 aromatic rings. The van der Waals surface area contributed by atoms with Crippen LogP contribution in [0.15, 0.2) is 18.2 Å². The molecule has 0 N–H and O–H groups in total. The molecular formula is C18H26FN. The van der Waals surface area contributed by atoms with Crippen molar-refractivity contribution < 1.29 is 4.39 Å². The maximum Gasteiger partial charge on any atom is 0.123 e. The molecule has 3 rings (SSSR count). The number of halogens is 1. The largest absolute Gasteiger partial charge is 0.303 e. The molecule has 1 nitrogen and oxygen atoms in total. The minimum atomic E-state index is -0.0597. The molecule has 1 saturated carbocycles. The molecule has 0 atom stereocenters. The van der Waals surface area contributed by atoms with Gasteiger partial charge in [0.05, 0.1) is 0 Å². The molecule has 1 heterocycles. The van der Waals surface area contributed by atoms with Crippen molar-refractivity contribution in [2.24, 2.45) is 0 Å². The zero-order chi connectivity index (χ0) is 13.8. The second-order valence-electron chi connectivity index (χ2n) is 6.48. The van der Waals surface area contributed by atoms with Crippen molar-refractivity contribution in [2.75, 3.05) is 19.6 Å². The summed E-state index contributed by atoms with van der Waals surface area (Å²) in [4.78, 5) is 2.55. The molecule has 1 saturated heterocycles. The summed E-state index contributed by atoms with van der Waals surface area (Å²) in [6.45, 7) is 3.64. The SMILES string of the molecule is Fc1ccc(CCN2CCCC2)c(C2CCCCC2)c1. The third-order valence-electron chi connectivity index (χ3n) is 5.05. The molecule has 0 spiro atoms. The van der Waals surface area contributed by atoms with Gasteiger partial charge in [0.25, 0.3) is 0 Å². The number of benzene rings is 1. The molecule has 1 aromatic carbocycles. The quantitative estimate of drug-likeness (QED) is 0.781. The van der Waals surface area contributed by atoms with Gasteiger partial charge in [-0.15, -0.1) is 0 Å². The predicted molar refractivity (Wildman–Crippen MR) is 81.6 cm³/mol. The summed E-state index contributed by atoms with van der Waals surface area (Å²) >= 11 is 0. The van der Waals surface area contributed by atoms with Gasteiger partial charge in [-0.25, -0.2) is 4.39 Å². The van der Waals surface area contributed by atoms with E-state index in [-0.39, 0.29) is 5.82 Å². The van der Waals surface area contributed by atoms with E-state index in [1.165, 1.54) is 69.2 Å². The van der Waals surface area contributed by atoms with E-state index >= 15 is 0 Å². The van der Waals surface area contributed by atoms with Crippen LogP contribution in [0.2, 0.25) is 0 Å². The van der Waals surface area contributed by atoms with Crippen LogP contribution in [0.5, 0.6) is 0 Å². The van der Waals surface area contributed by atoms with Crippen LogP contribution in [0.1, 0.15) is 62.0 Å². The summed E-state index contributed by atoms with van der Waals surface area (Å²) in [5.41, 5.74) is 2.70.